The maximum atomic E-state index is 12.9. The fourth-order valence-corrected chi connectivity index (χ4v) is 5.60. The second kappa shape index (κ2) is 8.81. The number of rotatable bonds is 4. The van der Waals surface area contributed by atoms with E-state index >= 15 is 0 Å². The van der Waals surface area contributed by atoms with E-state index < -0.39 is 0 Å². The van der Waals surface area contributed by atoms with Crippen molar-refractivity contribution in [2.75, 3.05) is 0 Å². The fraction of sp³-hybridized carbons (Fsp3) is 0.391. The van der Waals surface area contributed by atoms with Crippen LogP contribution in [0.25, 0.3) is 6.08 Å². The normalized spacial score (nSPS) is 19.3. The number of hydrogen-bond donors (Lipinski definition) is 0. The van der Waals surface area contributed by atoms with E-state index in [1.54, 1.807) is 18.2 Å². The average Bonchev–Trinajstić information content (AvgIpc) is 3.15. The second-order valence-corrected chi connectivity index (χ2v) is 9.81. The molecule has 0 atom stereocenters. The summed E-state index contributed by atoms with van der Waals surface area (Å²) in [6.07, 6.45) is 8.12. The van der Waals surface area contributed by atoms with Crippen molar-refractivity contribution in [3.63, 3.8) is 0 Å². The zero-order valence-electron chi connectivity index (χ0n) is 17.1. The van der Waals surface area contributed by atoms with Crippen LogP contribution in [0, 0.1) is 13.8 Å². The molecule has 0 radical (unpaired) electrons. The molecule has 1 saturated carbocycles. The van der Waals surface area contributed by atoms with Crippen LogP contribution in [-0.2, 0) is 11.3 Å². The number of nitrogens with zero attached hydrogens (tertiary/aromatic N) is 2. The van der Waals surface area contributed by atoms with Crippen LogP contribution >= 0.6 is 35.0 Å². The molecule has 2 aliphatic rings. The van der Waals surface area contributed by atoms with Gasteiger partial charge in [-0.25, -0.2) is 0 Å². The number of aryl methyl sites for hydroxylation is 1. The Morgan fingerprint density at radius 1 is 1.07 bits per heavy atom. The lowest BCUT2D eigenvalue weighted by atomic mass is 9.95. The van der Waals surface area contributed by atoms with Gasteiger partial charge in [0.1, 0.15) is 0 Å². The average molecular weight is 463 g/mol. The molecule has 1 saturated heterocycles. The molecule has 7 heteroatoms. The number of amides is 2. The van der Waals surface area contributed by atoms with E-state index in [0.29, 0.717) is 21.0 Å². The van der Waals surface area contributed by atoms with Crippen LogP contribution in [0.1, 0.15) is 60.7 Å². The zero-order valence-corrected chi connectivity index (χ0v) is 19.4. The molecule has 0 N–H and O–H groups in total. The van der Waals surface area contributed by atoms with E-state index in [2.05, 4.69) is 24.5 Å². The standard InChI is InChI=1S/C23H24Cl2N2O2S/c1-14-10-17(15(2)27(14)18-6-4-3-5-7-18)12-21-22(28)26(23(29)30-21)13-16-8-9-19(24)20(25)11-16/h8-12,18H,3-7,13H2,1-2H3/b21-12-. The zero-order chi connectivity index (χ0) is 21.4. The SMILES string of the molecule is Cc1cc(/C=C2\SC(=O)N(Cc3ccc(Cl)c(Cl)c3)C2=O)c(C)n1C1CCCCC1. The summed E-state index contributed by atoms with van der Waals surface area (Å²) >= 11 is 13.0. The van der Waals surface area contributed by atoms with Crippen LogP contribution in [0.3, 0.4) is 0 Å². The van der Waals surface area contributed by atoms with Crippen LogP contribution in [0.2, 0.25) is 10.0 Å². The van der Waals surface area contributed by atoms with Gasteiger partial charge < -0.3 is 4.57 Å². The number of hydrogen-bond acceptors (Lipinski definition) is 3. The predicted octanol–water partition coefficient (Wildman–Crippen LogP) is 7.15. The number of aromatic nitrogens is 1. The predicted molar refractivity (Wildman–Crippen MR) is 124 cm³/mol. The molecule has 1 aromatic heterocycles. The van der Waals surface area contributed by atoms with E-state index in [-0.39, 0.29) is 17.7 Å². The molecule has 1 aliphatic carbocycles. The summed E-state index contributed by atoms with van der Waals surface area (Å²) in [6.45, 7) is 4.41. The first-order valence-corrected chi connectivity index (χ1v) is 11.8. The summed E-state index contributed by atoms with van der Waals surface area (Å²) < 4.78 is 2.41. The quantitative estimate of drug-likeness (QED) is 0.452. The molecule has 4 nitrogen and oxygen atoms in total. The molecule has 2 amide bonds. The highest BCUT2D eigenvalue weighted by molar-refractivity contribution is 8.18. The smallest absolute Gasteiger partial charge is 0.293 e. The van der Waals surface area contributed by atoms with E-state index in [1.165, 1.54) is 42.7 Å². The molecule has 30 heavy (non-hydrogen) atoms. The number of carbonyl (C=O) groups is 2. The fourth-order valence-electron chi connectivity index (χ4n) is 4.45. The first kappa shape index (κ1) is 21.5. The van der Waals surface area contributed by atoms with E-state index in [1.807, 2.05) is 6.08 Å². The Labute approximate surface area is 191 Å². The number of thioether (sulfide) groups is 1. The highest BCUT2D eigenvalue weighted by Crippen LogP contribution is 2.37. The van der Waals surface area contributed by atoms with Gasteiger partial charge in [0.25, 0.3) is 11.1 Å². The van der Waals surface area contributed by atoms with Gasteiger partial charge in [-0.05, 0) is 73.9 Å². The molecule has 4 rings (SSSR count). The topological polar surface area (TPSA) is 42.3 Å². The highest BCUT2D eigenvalue weighted by atomic mass is 35.5. The Morgan fingerprint density at radius 3 is 2.50 bits per heavy atom. The van der Waals surface area contributed by atoms with Crippen LogP contribution < -0.4 is 0 Å². The minimum absolute atomic E-state index is 0.181. The first-order valence-electron chi connectivity index (χ1n) is 10.2. The molecule has 0 spiro atoms. The van der Waals surface area contributed by atoms with Crippen LogP contribution in [0.4, 0.5) is 4.79 Å². The molecule has 1 aliphatic heterocycles. The van der Waals surface area contributed by atoms with Crippen molar-refractivity contribution in [3.8, 4) is 0 Å². The third kappa shape index (κ3) is 4.20. The Bertz CT molecular complexity index is 1040. The van der Waals surface area contributed by atoms with Gasteiger partial charge in [-0.3, -0.25) is 14.5 Å². The maximum absolute atomic E-state index is 12.9. The van der Waals surface area contributed by atoms with E-state index in [9.17, 15) is 9.59 Å². The van der Waals surface area contributed by atoms with Crippen molar-refractivity contribution in [3.05, 3.63) is 61.7 Å². The summed E-state index contributed by atoms with van der Waals surface area (Å²) in [7, 11) is 0. The molecule has 158 valence electrons. The largest absolute Gasteiger partial charge is 0.346 e. The van der Waals surface area contributed by atoms with Crippen molar-refractivity contribution >= 4 is 52.2 Å². The number of imide groups is 1. The number of benzene rings is 1. The molecule has 2 fully saturated rings. The van der Waals surface area contributed by atoms with Crippen molar-refractivity contribution in [2.45, 2.75) is 58.5 Å². The van der Waals surface area contributed by atoms with Crippen molar-refractivity contribution in [1.29, 1.82) is 0 Å². The number of carbonyl (C=O) groups excluding carboxylic acids is 2. The molecule has 0 unspecified atom stereocenters. The lowest BCUT2D eigenvalue weighted by Gasteiger charge is -2.26. The molecule has 0 bridgehead atoms. The first-order chi connectivity index (χ1) is 14.3. The van der Waals surface area contributed by atoms with Gasteiger partial charge in [0.15, 0.2) is 0 Å². The molecule has 1 aromatic carbocycles. The van der Waals surface area contributed by atoms with Crippen LogP contribution in [0.5, 0.6) is 0 Å². The highest BCUT2D eigenvalue weighted by Gasteiger charge is 2.35. The van der Waals surface area contributed by atoms with Gasteiger partial charge >= 0.3 is 0 Å². The van der Waals surface area contributed by atoms with Crippen molar-refractivity contribution < 1.29 is 9.59 Å². The van der Waals surface area contributed by atoms with E-state index in [4.69, 9.17) is 23.2 Å². The summed E-state index contributed by atoms with van der Waals surface area (Å²) in [5.41, 5.74) is 4.15. The summed E-state index contributed by atoms with van der Waals surface area (Å²) in [5.74, 6) is -0.265. The van der Waals surface area contributed by atoms with Gasteiger partial charge in [-0.2, -0.15) is 0 Å². The monoisotopic (exact) mass is 462 g/mol. The van der Waals surface area contributed by atoms with Crippen molar-refractivity contribution in [1.82, 2.24) is 9.47 Å². The molecule has 2 aromatic rings. The minimum Gasteiger partial charge on any atom is -0.346 e. The third-order valence-corrected chi connectivity index (χ3v) is 7.59. The van der Waals surface area contributed by atoms with Crippen LogP contribution in [0.15, 0.2) is 29.2 Å². The lowest BCUT2D eigenvalue weighted by molar-refractivity contribution is -0.123. The van der Waals surface area contributed by atoms with Gasteiger partial charge in [-0.15, -0.1) is 0 Å². The molecule has 2 heterocycles. The van der Waals surface area contributed by atoms with E-state index in [0.717, 1.165) is 28.6 Å². The van der Waals surface area contributed by atoms with Gasteiger partial charge in [-0.1, -0.05) is 48.5 Å². The number of halogens is 2. The maximum Gasteiger partial charge on any atom is 0.293 e. The summed E-state index contributed by atoms with van der Waals surface area (Å²) in [4.78, 5) is 27.2. The molecular formula is C23H24Cl2N2O2S. The Kier molecular flexibility index (Phi) is 6.33. The summed E-state index contributed by atoms with van der Waals surface area (Å²) in [6, 6.07) is 7.80. The third-order valence-electron chi connectivity index (χ3n) is 5.95. The minimum atomic E-state index is -0.265. The van der Waals surface area contributed by atoms with Crippen LogP contribution in [-0.4, -0.2) is 20.6 Å². The Hall–Kier alpha value is -1.69. The Balaban J connectivity index is 1.57. The summed E-state index contributed by atoms with van der Waals surface area (Å²) in [5, 5.41) is 0.591. The van der Waals surface area contributed by atoms with Crippen molar-refractivity contribution in [2.24, 2.45) is 0 Å². The Morgan fingerprint density at radius 2 is 1.80 bits per heavy atom. The van der Waals surface area contributed by atoms with Gasteiger partial charge in [0.05, 0.1) is 21.5 Å². The second-order valence-electron chi connectivity index (χ2n) is 8.00. The van der Waals surface area contributed by atoms with Gasteiger partial charge in [0, 0.05) is 17.4 Å². The lowest BCUT2D eigenvalue weighted by Crippen LogP contribution is -2.27. The molecular weight excluding hydrogens is 439 g/mol. The van der Waals surface area contributed by atoms with Gasteiger partial charge in [0.2, 0.25) is 0 Å².